The fourth-order valence-corrected chi connectivity index (χ4v) is 4.39. The van der Waals surface area contributed by atoms with Gasteiger partial charge in [-0.15, -0.1) is 0 Å². The molecule has 1 heterocycles. The molecule has 0 atom stereocenters. The summed E-state index contributed by atoms with van der Waals surface area (Å²) in [4.78, 5) is 0. The van der Waals surface area contributed by atoms with Gasteiger partial charge in [-0.3, -0.25) is 0 Å². The number of nitrogens with zero attached hydrogens (tertiary/aromatic N) is 3. The SMILES string of the molecule is S=c1nn[nH]n1-c1cccc2ccc3c4ccc5ccccc5c4ccc3c12. The topological polar surface area (TPSA) is 46.5 Å². The second kappa shape index (κ2) is 5.71. The molecule has 0 bridgehead atoms. The number of hydrogen-bond donors (Lipinski definition) is 1. The van der Waals surface area contributed by atoms with Gasteiger partial charge < -0.3 is 0 Å². The summed E-state index contributed by atoms with van der Waals surface area (Å²) in [5.41, 5.74) is 0.957. The molecule has 0 saturated heterocycles. The summed E-state index contributed by atoms with van der Waals surface area (Å²) in [5.74, 6) is 0. The third kappa shape index (κ3) is 2.08. The third-order valence-electron chi connectivity index (χ3n) is 5.45. The molecule has 0 unspecified atom stereocenters. The summed E-state index contributed by atoms with van der Waals surface area (Å²) in [5, 5.41) is 20.4. The molecular formula is C23H14N4S. The zero-order valence-electron chi connectivity index (χ0n) is 14.8. The Morgan fingerprint density at radius 1 is 0.643 bits per heavy atom. The fraction of sp³-hybridized carbons (Fsp3) is 0. The highest BCUT2D eigenvalue weighted by atomic mass is 32.1. The Labute approximate surface area is 165 Å². The Morgan fingerprint density at radius 3 is 2.18 bits per heavy atom. The zero-order valence-corrected chi connectivity index (χ0v) is 15.6. The van der Waals surface area contributed by atoms with Crippen molar-refractivity contribution in [2.24, 2.45) is 0 Å². The van der Waals surface area contributed by atoms with Crippen molar-refractivity contribution in [3.8, 4) is 5.69 Å². The van der Waals surface area contributed by atoms with Gasteiger partial charge >= 0.3 is 0 Å². The van der Waals surface area contributed by atoms with E-state index in [1.165, 1.54) is 32.3 Å². The van der Waals surface area contributed by atoms with Gasteiger partial charge in [0.2, 0.25) is 4.77 Å². The van der Waals surface area contributed by atoms with Crippen LogP contribution in [0.25, 0.3) is 48.8 Å². The molecule has 6 aromatic rings. The maximum atomic E-state index is 5.34. The molecule has 6 rings (SSSR count). The second-order valence-electron chi connectivity index (χ2n) is 6.90. The number of benzene rings is 5. The molecule has 0 amide bonds. The number of aromatic amines is 1. The molecule has 0 aliphatic carbocycles. The van der Waals surface area contributed by atoms with Crippen LogP contribution >= 0.6 is 12.2 Å². The molecule has 28 heavy (non-hydrogen) atoms. The van der Waals surface area contributed by atoms with Crippen molar-refractivity contribution in [3.05, 3.63) is 83.6 Å². The van der Waals surface area contributed by atoms with Gasteiger partial charge in [0.25, 0.3) is 0 Å². The van der Waals surface area contributed by atoms with Gasteiger partial charge in [-0.05, 0) is 56.0 Å². The van der Waals surface area contributed by atoms with Crippen LogP contribution in [-0.2, 0) is 0 Å². The lowest BCUT2D eigenvalue weighted by atomic mass is 9.94. The molecule has 0 fully saturated rings. The van der Waals surface area contributed by atoms with Gasteiger partial charge in [-0.2, -0.15) is 5.21 Å². The van der Waals surface area contributed by atoms with Crippen LogP contribution in [-0.4, -0.2) is 20.2 Å². The molecule has 4 nitrogen and oxygen atoms in total. The lowest BCUT2D eigenvalue weighted by Gasteiger charge is -2.12. The first-order valence-corrected chi connectivity index (χ1v) is 9.48. The van der Waals surface area contributed by atoms with Crippen molar-refractivity contribution in [3.63, 3.8) is 0 Å². The lowest BCUT2D eigenvalue weighted by molar-refractivity contribution is 0.790. The number of H-pyrrole nitrogens is 1. The van der Waals surface area contributed by atoms with E-state index in [0.717, 1.165) is 16.5 Å². The number of rotatable bonds is 1. The van der Waals surface area contributed by atoms with Crippen molar-refractivity contribution in [2.45, 2.75) is 0 Å². The van der Waals surface area contributed by atoms with Crippen LogP contribution in [0.1, 0.15) is 0 Å². The zero-order chi connectivity index (χ0) is 18.7. The minimum atomic E-state index is 0.413. The molecule has 0 aliphatic rings. The van der Waals surface area contributed by atoms with Crippen LogP contribution in [0.4, 0.5) is 0 Å². The van der Waals surface area contributed by atoms with E-state index in [-0.39, 0.29) is 0 Å². The van der Waals surface area contributed by atoms with Crippen LogP contribution in [0.3, 0.4) is 0 Å². The van der Waals surface area contributed by atoms with Crippen molar-refractivity contribution >= 4 is 55.3 Å². The summed E-state index contributed by atoms with van der Waals surface area (Å²) < 4.78 is 2.16. The minimum Gasteiger partial charge on any atom is -0.209 e. The van der Waals surface area contributed by atoms with Crippen LogP contribution in [0.2, 0.25) is 0 Å². The van der Waals surface area contributed by atoms with Crippen LogP contribution in [0.5, 0.6) is 0 Å². The molecular weight excluding hydrogens is 364 g/mol. The molecule has 0 aliphatic heterocycles. The quantitative estimate of drug-likeness (QED) is 0.285. The number of aromatic nitrogens is 4. The maximum Gasteiger partial charge on any atom is 0.242 e. The van der Waals surface area contributed by atoms with Crippen molar-refractivity contribution in [1.29, 1.82) is 0 Å². The van der Waals surface area contributed by atoms with Crippen LogP contribution < -0.4 is 0 Å². The molecule has 132 valence electrons. The van der Waals surface area contributed by atoms with E-state index < -0.39 is 0 Å². The normalized spacial score (nSPS) is 11.7. The van der Waals surface area contributed by atoms with Crippen molar-refractivity contribution in [1.82, 2.24) is 20.2 Å². The second-order valence-corrected chi connectivity index (χ2v) is 7.27. The van der Waals surface area contributed by atoms with E-state index in [2.05, 4.69) is 82.3 Å². The van der Waals surface area contributed by atoms with Crippen molar-refractivity contribution < 1.29 is 0 Å². The summed E-state index contributed by atoms with van der Waals surface area (Å²) in [6.07, 6.45) is 0. The van der Waals surface area contributed by atoms with Gasteiger partial charge in [0.15, 0.2) is 0 Å². The molecule has 0 spiro atoms. The molecule has 5 aromatic carbocycles. The highest BCUT2D eigenvalue weighted by Crippen LogP contribution is 2.36. The number of fused-ring (bicyclic) bond motifs is 7. The van der Waals surface area contributed by atoms with E-state index in [1.54, 1.807) is 4.68 Å². The van der Waals surface area contributed by atoms with E-state index in [4.69, 9.17) is 12.2 Å². The summed E-state index contributed by atoms with van der Waals surface area (Å²) in [6.45, 7) is 0. The van der Waals surface area contributed by atoms with Crippen LogP contribution in [0, 0.1) is 4.77 Å². The van der Waals surface area contributed by atoms with E-state index in [1.807, 2.05) is 12.1 Å². The third-order valence-corrected chi connectivity index (χ3v) is 5.72. The summed E-state index contributed by atoms with van der Waals surface area (Å²) in [6, 6.07) is 27.9. The monoisotopic (exact) mass is 378 g/mol. The Bertz CT molecular complexity index is 1590. The van der Waals surface area contributed by atoms with Gasteiger partial charge in [0.05, 0.1) is 5.69 Å². The summed E-state index contributed by atoms with van der Waals surface area (Å²) in [7, 11) is 0. The predicted molar refractivity (Wildman–Crippen MR) is 117 cm³/mol. The average molecular weight is 378 g/mol. The van der Waals surface area contributed by atoms with E-state index in [0.29, 0.717) is 4.77 Å². The Morgan fingerprint density at radius 2 is 1.32 bits per heavy atom. The smallest absolute Gasteiger partial charge is 0.209 e. The Kier molecular flexibility index (Phi) is 3.16. The Hall–Kier alpha value is -3.57. The Balaban J connectivity index is 1.82. The first-order valence-electron chi connectivity index (χ1n) is 9.08. The average Bonchev–Trinajstić information content (AvgIpc) is 3.18. The highest BCUT2D eigenvalue weighted by Gasteiger charge is 2.12. The van der Waals surface area contributed by atoms with Gasteiger partial charge in [-0.25, -0.2) is 4.68 Å². The maximum absolute atomic E-state index is 5.34. The number of tetrazole rings is 1. The molecule has 1 N–H and O–H groups in total. The number of nitrogens with one attached hydrogen (secondary N) is 1. The number of hydrogen-bond acceptors (Lipinski definition) is 3. The fourth-order valence-electron chi connectivity index (χ4n) is 4.21. The van der Waals surface area contributed by atoms with E-state index >= 15 is 0 Å². The first-order chi connectivity index (χ1) is 13.8. The highest BCUT2D eigenvalue weighted by molar-refractivity contribution is 7.71. The standard InChI is InChI=1S/C23H14N4S/c28-23-24-25-26-27(23)21-7-3-5-15-9-11-19-18-10-8-14-4-1-2-6-16(14)17(18)12-13-20(19)22(15)21/h1-13H,(H,24,26,28). The lowest BCUT2D eigenvalue weighted by Crippen LogP contribution is -1.98. The van der Waals surface area contributed by atoms with Gasteiger partial charge in [0, 0.05) is 5.39 Å². The minimum absolute atomic E-state index is 0.413. The summed E-state index contributed by atoms with van der Waals surface area (Å²) >= 11 is 5.34. The predicted octanol–water partition coefficient (Wildman–Crippen LogP) is 5.94. The largest absolute Gasteiger partial charge is 0.242 e. The molecule has 0 saturated carbocycles. The van der Waals surface area contributed by atoms with Crippen molar-refractivity contribution in [2.75, 3.05) is 0 Å². The molecule has 1 aromatic heterocycles. The molecule has 5 heteroatoms. The van der Waals surface area contributed by atoms with E-state index in [9.17, 15) is 0 Å². The first kappa shape index (κ1) is 15.5. The van der Waals surface area contributed by atoms with Crippen LogP contribution in [0.15, 0.2) is 78.9 Å². The van der Waals surface area contributed by atoms with Gasteiger partial charge in [0.1, 0.15) is 0 Å². The van der Waals surface area contributed by atoms with Gasteiger partial charge in [-0.1, -0.05) is 83.1 Å². The molecule has 0 radical (unpaired) electrons.